The highest BCUT2D eigenvalue weighted by Gasteiger charge is 2.34. The standard InChI is InChI=1S/C24H26F2N4O3S/c1-16(31)7-8-19-15-29(24(32)33-19)18-13-20(25)22(21(26)14-18)28-10-9-27-30(12-11-28)23(34)17-5-3-2-4-6-17/h2-6,13-14,19,27H,7-12,15H2,1H3/t19-/m0/s1. The fourth-order valence-corrected chi connectivity index (χ4v) is 4.41. The minimum absolute atomic E-state index is 0.00835. The summed E-state index contributed by atoms with van der Waals surface area (Å²) < 4.78 is 35.5. The van der Waals surface area contributed by atoms with Crippen LogP contribution in [0.3, 0.4) is 0 Å². The number of hydrogen-bond donors (Lipinski definition) is 1. The molecule has 1 amide bonds. The van der Waals surface area contributed by atoms with Gasteiger partial charge in [-0.15, -0.1) is 0 Å². The van der Waals surface area contributed by atoms with E-state index in [-0.39, 0.29) is 30.1 Å². The van der Waals surface area contributed by atoms with Crippen LogP contribution in [0.2, 0.25) is 0 Å². The molecule has 1 atom stereocenters. The van der Waals surface area contributed by atoms with Gasteiger partial charge in [0.15, 0.2) is 11.6 Å². The zero-order valence-corrected chi connectivity index (χ0v) is 19.6. The summed E-state index contributed by atoms with van der Waals surface area (Å²) in [7, 11) is 0. The molecule has 0 aromatic heterocycles. The molecule has 2 fully saturated rings. The highest BCUT2D eigenvalue weighted by molar-refractivity contribution is 7.80. The number of hydrogen-bond acceptors (Lipinski definition) is 6. The molecule has 0 aliphatic carbocycles. The molecule has 0 radical (unpaired) electrons. The molecule has 7 nitrogen and oxygen atoms in total. The Bertz CT molecular complexity index is 1060. The molecule has 34 heavy (non-hydrogen) atoms. The monoisotopic (exact) mass is 488 g/mol. The first-order valence-corrected chi connectivity index (χ1v) is 11.6. The van der Waals surface area contributed by atoms with Crippen molar-refractivity contribution in [3.8, 4) is 0 Å². The lowest BCUT2D eigenvalue weighted by Crippen LogP contribution is -2.43. The van der Waals surface area contributed by atoms with Crippen LogP contribution in [0.5, 0.6) is 0 Å². The second-order valence-corrected chi connectivity index (χ2v) is 8.72. The first-order chi connectivity index (χ1) is 16.3. The van der Waals surface area contributed by atoms with Crippen molar-refractivity contribution >= 4 is 40.5 Å². The number of hydrazine groups is 1. The van der Waals surface area contributed by atoms with E-state index in [9.17, 15) is 9.59 Å². The van der Waals surface area contributed by atoms with Gasteiger partial charge in [0.05, 0.1) is 18.8 Å². The minimum atomic E-state index is -0.755. The average Bonchev–Trinajstić information content (AvgIpc) is 3.02. The summed E-state index contributed by atoms with van der Waals surface area (Å²) in [6, 6.07) is 11.8. The van der Waals surface area contributed by atoms with E-state index in [1.165, 1.54) is 11.8 Å². The van der Waals surface area contributed by atoms with Crippen LogP contribution in [-0.4, -0.2) is 60.7 Å². The summed E-state index contributed by atoms with van der Waals surface area (Å²) in [5.41, 5.74) is 4.06. The third kappa shape index (κ3) is 5.34. The van der Waals surface area contributed by atoms with E-state index in [0.717, 1.165) is 17.7 Å². The first kappa shape index (κ1) is 24.0. The number of ether oxygens (including phenoxy) is 1. The molecular weight excluding hydrogens is 462 g/mol. The first-order valence-electron chi connectivity index (χ1n) is 11.2. The number of carbonyl (C=O) groups excluding carboxylic acids is 2. The van der Waals surface area contributed by atoms with Gasteiger partial charge in [0.1, 0.15) is 22.6 Å². The predicted molar refractivity (Wildman–Crippen MR) is 129 cm³/mol. The van der Waals surface area contributed by atoms with Crippen LogP contribution in [-0.2, 0) is 9.53 Å². The number of thiocarbonyl (C=S) groups is 1. The zero-order chi connectivity index (χ0) is 24.2. The molecule has 2 aromatic rings. The average molecular weight is 489 g/mol. The van der Waals surface area contributed by atoms with Crippen LogP contribution >= 0.6 is 12.2 Å². The Kier molecular flexibility index (Phi) is 7.38. The molecule has 0 bridgehead atoms. The molecule has 180 valence electrons. The van der Waals surface area contributed by atoms with Gasteiger partial charge >= 0.3 is 6.09 Å². The highest BCUT2D eigenvalue weighted by atomic mass is 32.1. The third-order valence-corrected chi connectivity index (χ3v) is 6.32. The Morgan fingerprint density at radius 3 is 2.53 bits per heavy atom. The van der Waals surface area contributed by atoms with Crippen LogP contribution in [0.15, 0.2) is 42.5 Å². The van der Waals surface area contributed by atoms with Crippen molar-refractivity contribution in [3.63, 3.8) is 0 Å². The lowest BCUT2D eigenvalue weighted by atomic mass is 10.1. The van der Waals surface area contributed by atoms with E-state index in [4.69, 9.17) is 17.0 Å². The molecule has 2 aromatic carbocycles. The van der Waals surface area contributed by atoms with Crippen molar-refractivity contribution in [2.45, 2.75) is 25.9 Å². The number of nitrogens with zero attached hydrogens (tertiary/aromatic N) is 3. The summed E-state index contributed by atoms with van der Waals surface area (Å²) in [6.07, 6.45) is -0.508. The quantitative estimate of drug-likeness (QED) is 0.623. The van der Waals surface area contributed by atoms with Crippen molar-refractivity contribution in [3.05, 3.63) is 59.7 Å². The minimum Gasteiger partial charge on any atom is -0.444 e. The number of nitrogens with one attached hydrogen (secondary N) is 1. The number of ketones is 1. The van der Waals surface area contributed by atoms with Crippen LogP contribution in [0.1, 0.15) is 25.3 Å². The van der Waals surface area contributed by atoms with Crippen LogP contribution in [0, 0.1) is 11.6 Å². The summed E-state index contributed by atoms with van der Waals surface area (Å²) in [6.45, 7) is 3.22. The zero-order valence-electron chi connectivity index (χ0n) is 18.8. The molecule has 2 aliphatic rings. The maximum Gasteiger partial charge on any atom is 0.414 e. The number of anilines is 2. The van der Waals surface area contributed by atoms with E-state index in [0.29, 0.717) is 37.6 Å². The highest BCUT2D eigenvalue weighted by Crippen LogP contribution is 2.31. The summed E-state index contributed by atoms with van der Waals surface area (Å²) in [5.74, 6) is -1.52. The topological polar surface area (TPSA) is 65.1 Å². The van der Waals surface area contributed by atoms with Gasteiger partial charge in [-0.05, 0) is 13.3 Å². The molecular formula is C24H26F2N4O3S. The number of benzene rings is 2. The van der Waals surface area contributed by atoms with Gasteiger partial charge in [0, 0.05) is 43.8 Å². The van der Waals surface area contributed by atoms with Gasteiger partial charge in [-0.1, -0.05) is 42.5 Å². The van der Waals surface area contributed by atoms with Crippen molar-refractivity contribution in [2.24, 2.45) is 0 Å². The second-order valence-electron chi connectivity index (χ2n) is 8.33. The predicted octanol–water partition coefficient (Wildman–Crippen LogP) is 3.66. The molecule has 10 heteroatoms. The van der Waals surface area contributed by atoms with Crippen LogP contribution in [0.25, 0.3) is 0 Å². The number of rotatable bonds is 6. The van der Waals surface area contributed by atoms with Crippen molar-refractivity contribution in [1.29, 1.82) is 0 Å². The van der Waals surface area contributed by atoms with E-state index >= 15 is 8.78 Å². The van der Waals surface area contributed by atoms with E-state index in [2.05, 4.69) is 5.43 Å². The van der Waals surface area contributed by atoms with E-state index in [1.807, 2.05) is 35.3 Å². The molecule has 0 saturated carbocycles. The van der Waals surface area contributed by atoms with Crippen LogP contribution < -0.4 is 15.2 Å². The van der Waals surface area contributed by atoms with Crippen molar-refractivity contribution in [1.82, 2.24) is 10.4 Å². The van der Waals surface area contributed by atoms with Gasteiger partial charge in [-0.3, -0.25) is 9.91 Å². The van der Waals surface area contributed by atoms with Gasteiger partial charge in [0.25, 0.3) is 0 Å². The fraction of sp³-hybridized carbons (Fsp3) is 0.375. The van der Waals surface area contributed by atoms with Gasteiger partial charge in [0.2, 0.25) is 0 Å². The Morgan fingerprint density at radius 1 is 1.15 bits per heavy atom. The number of cyclic esters (lactones) is 1. The molecule has 4 rings (SSSR count). The smallest absolute Gasteiger partial charge is 0.414 e. The van der Waals surface area contributed by atoms with E-state index < -0.39 is 23.8 Å². The fourth-order valence-electron chi connectivity index (χ4n) is 4.12. The number of carbonyl (C=O) groups is 2. The second kappa shape index (κ2) is 10.4. The molecule has 1 N–H and O–H groups in total. The summed E-state index contributed by atoms with van der Waals surface area (Å²) >= 11 is 5.57. The largest absolute Gasteiger partial charge is 0.444 e. The van der Waals surface area contributed by atoms with Crippen molar-refractivity contribution in [2.75, 3.05) is 42.5 Å². The number of amides is 1. The molecule has 2 aliphatic heterocycles. The normalized spacial score (nSPS) is 18.6. The molecule has 2 heterocycles. The lowest BCUT2D eigenvalue weighted by molar-refractivity contribution is -0.117. The maximum absolute atomic E-state index is 15.1. The van der Waals surface area contributed by atoms with Gasteiger partial charge in [-0.25, -0.2) is 19.0 Å². The lowest BCUT2D eigenvalue weighted by Gasteiger charge is -2.26. The molecule has 2 saturated heterocycles. The third-order valence-electron chi connectivity index (χ3n) is 5.87. The Labute approximate surface area is 202 Å². The Balaban J connectivity index is 1.45. The SMILES string of the molecule is CC(=O)CC[C@H]1CN(c2cc(F)c(N3CCNN(C(=S)c4ccccc4)CC3)c(F)c2)C(=O)O1. The maximum atomic E-state index is 15.1. The van der Waals surface area contributed by atoms with Gasteiger partial charge < -0.3 is 14.4 Å². The van der Waals surface area contributed by atoms with Gasteiger partial charge in [-0.2, -0.15) is 0 Å². The van der Waals surface area contributed by atoms with Crippen molar-refractivity contribution < 1.29 is 23.1 Å². The molecule has 0 unspecified atom stereocenters. The molecule has 0 spiro atoms. The van der Waals surface area contributed by atoms with E-state index in [1.54, 1.807) is 4.90 Å². The number of halogens is 2. The summed E-state index contributed by atoms with van der Waals surface area (Å²) in [4.78, 5) is 26.9. The number of Topliss-reactive ketones (excluding diaryl/α,β-unsaturated/α-hetero) is 1. The Hall–Kier alpha value is -3.11. The summed E-state index contributed by atoms with van der Waals surface area (Å²) in [5, 5.41) is 1.82. The Morgan fingerprint density at radius 2 is 1.85 bits per heavy atom. The van der Waals surface area contributed by atoms with Crippen LogP contribution in [0.4, 0.5) is 25.0 Å².